The van der Waals surface area contributed by atoms with Gasteiger partial charge in [0.25, 0.3) is 0 Å². The van der Waals surface area contributed by atoms with Crippen LogP contribution in [0.5, 0.6) is 0 Å². The number of H-pyrrole nitrogens is 1. The van der Waals surface area contributed by atoms with Gasteiger partial charge in [-0.25, -0.2) is 9.97 Å². The molecule has 0 saturated carbocycles. The minimum absolute atomic E-state index is 0.615. The number of aromatic nitrogens is 7. The van der Waals surface area contributed by atoms with Crippen LogP contribution in [0.25, 0.3) is 33.3 Å². The van der Waals surface area contributed by atoms with Gasteiger partial charge in [0.15, 0.2) is 11.5 Å². The lowest BCUT2D eigenvalue weighted by molar-refractivity contribution is 0.786. The van der Waals surface area contributed by atoms with E-state index in [4.69, 9.17) is 9.97 Å². The van der Waals surface area contributed by atoms with Gasteiger partial charge in [0.1, 0.15) is 5.82 Å². The highest BCUT2D eigenvalue weighted by atomic mass is 15.3. The van der Waals surface area contributed by atoms with Crippen molar-refractivity contribution < 1.29 is 0 Å². The molecule has 27 heavy (non-hydrogen) atoms. The predicted octanol–water partition coefficient (Wildman–Crippen LogP) is 2.91. The van der Waals surface area contributed by atoms with Crippen LogP contribution in [0, 0.1) is 0 Å². The third kappa shape index (κ3) is 2.67. The number of rotatable bonds is 4. The fourth-order valence-electron chi connectivity index (χ4n) is 3.13. The summed E-state index contributed by atoms with van der Waals surface area (Å²) < 4.78 is 1.76. The Balaban J connectivity index is 1.63. The molecule has 0 aliphatic rings. The van der Waals surface area contributed by atoms with E-state index in [1.54, 1.807) is 23.3 Å². The molecular formula is C19H16N8. The molecule has 5 rings (SSSR count). The van der Waals surface area contributed by atoms with Crippen LogP contribution in [-0.2, 0) is 13.6 Å². The minimum atomic E-state index is 0.615. The SMILES string of the molecule is Cn1ncc2c(NCc3cccnc3)nc(-c3cccc4[nH]ncc34)nc21. The summed E-state index contributed by atoms with van der Waals surface area (Å²) in [6.45, 7) is 0.615. The van der Waals surface area contributed by atoms with E-state index in [0.29, 0.717) is 12.4 Å². The van der Waals surface area contributed by atoms with Gasteiger partial charge in [-0.1, -0.05) is 18.2 Å². The van der Waals surface area contributed by atoms with Crippen molar-refractivity contribution in [1.29, 1.82) is 0 Å². The normalized spacial score (nSPS) is 11.3. The maximum Gasteiger partial charge on any atom is 0.164 e. The molecule has 0 unspecified atom stereocenters. The van der Waals surface area contributed by atoms with Crippen molar-refractivity contribution in [3.63, 3.8) is 0 Å². The molecule has 2 N–H and O–H groups in total. The predicted molar refractivity (Wildman–Crippen MR) is 103 cm³/mol. The number of aryl methyl sites for hydroxylation is 1. The summed E-state index contributed by atoms with van der Waals surface area (Å²) in [5.74, 6) is 1.37. The maximum absolute atomic E-state index is 4.79. The molecule has 5 aromatic rings. The highest BCUT2D eigenvalue weighted by molar-refractivity contribution is 5.95. The van der Waals surface area contributed by atoms with E-state index < -0.39 is 0 Å². The second kappa shape index (κ2) is 6.17. The topological polar surface area (TPSA) is 97.2 Å². The van der Waals surface area contributed by atoms with E-state index in [2.05, 4.69) is 25.6 Å². The Morgan fingerprint density at radius 3 is 2.89 bits per heavy atom. The fourth-order valence-corrected chi connectivity index (χ4v) is 3.13. The Bertz CT molecular complexity index is 1240. The highest BCUT2D eigenvalue weighted by Gasteiger charge is 2.15. The van der Waals surface area contributed by atoms with E-state index in [1.165, 1.54) is 0 Å². The molecular weight excluding hydrogens is 340 g/mol. The van der Waals surface area contributed by atoms with Crippen LogP contribution >= 0.6 is 0 Å². The lowest BCUT2D eigenvalue weighted by Crippen LogP contribution is -2.05. The Kier molecular flexibility index (Phi) is 3.53. The number of nitrogens with zero attached hydrogens (tertiary/aromatic N) is 6. The smallest absolute Gasteiger partial charge is 0.164 e. The Morgan fingerprint density at radius 1 is 1.04 bits per heavy atom. The Hall–Kier alpha value is -3.81. The number of aromatic amines is 1. The molecule has 0 radical (unpaired) electrons. The summed E-state index contributed by atoms with van der Waals surface area (Å²) in [4.78, 5) is 13.7. The van der Waals surface area contributed by atoms with Gasteiger partial charge in [0, 0.05) is 36.9 Å². The fraction of sp³-hybridized carbons (Fsp3) is 0.105. The summed E-state index contributed by atoms with van der Waals surface area (Å²) in [6, 6.07) is 9.89. The van der Waals surface area contributed by atoms with Crippen LogP contribution in [0.3, 0.4) is 0 Å². The first-order valence-corrected chi connectivity index (χ1v) is 8.54. The molecule has 0 bridgehead atoms. The number of hydrogen-bond donors (Lipinski definition) is 2. The zero-order valence-electron chi connectivity index (χ0n) is 14.6. The van der Waals surface area contributed by atoms with Crippen molar-refractivity contribution >= 4 is 27.8 Å². The first-order chi connectivity index (χ1) is 13.3. The minimum Gasteiger partial charge on any atom is -0.365 e. The van der Waals surface area contributed by atoms with Gasteiger partial charge >= 0.3 is 0 Å². The Labute approximate surface area is 154 Å². The van der Waals surface area contributed by atoms with E-state index in [9.17, 15) is 0 Å². The second-order valence-corrected chi connectivity index (χ2v) is 6.25. The zero-order chi connectivity index (χ0) is 18.2. The number of pyridine rings is 1. The summed E-state index contributed by atoms with van der Waals surface area (Å²) >= 11 is 0. The average molecular weight is 356 g/mol. The van der Waals surface area contributed by atoms with Crippen molar-refractivity contribution in [2.45, 2.75) is 6.54 Å². The summed E-state index contributed by atoms with van der Waals surface area (Å²) in [5.41, 5.74) is 3.72. The van der Waals surface area contributed by atoms with E-state index in [-0.39, 0.29) is 0 Å². The molecule has 8 nitrogen and oxygen atoms in total. The van der Waals surface area contributed by atoms with E-state index >= 15 is 0 Å². The molecule has 0 atom stereocenters. The van der Waals surface area contributed by atoms with Crippen LogP contribution in [0.4, 0.5) is 5.82 Å². The van der Waals surface area contributed by atoms with Crippen LogP contribution in [0.1, 0.15) is 5.56 Å². The first-order valence-electron chi connectivity index (χ1n) is 8.54. The molecule has 0 aliphatic heterocycles. The van der Waals surface area contributed by atoms with Gasteiger partial charge in [-0.2, -0.15) is 10.2 Å². The maximum atomic E-state index is 4.79. The lowest BCUT2D eigenvalue weighted by Gasteiger charge is -2.10. The van der Waals surface area contributed by atoms with Crippen molar-refractivity contribution in [2.75, 3.05) is 5.32 Å². The molecule has 4 heterocycles. The molecule has 1 aromatic carbocycles. The number of anilines is 1. The first kappa shape index (κ1) is 15.4. The lowest BCUT2D eigenvalue weighted by atomic mass is 10.1. The third-order valence-electron chi connectivity index (χ3n) is 4.50. The average Bonchev–Trinajstić information content (AvgIpc) is 3.34. The molecule has 4 aromatic heterocycles. The molecule has 0 spiro atoms. The summed E-state index contributed by atoms with van der Waals surface area (Å²) in [6.07, 6.45) is 7.17. The van der Waals surface area contributed by atoms with Gasteiger partial charge < -0.3 is 5.32 Å². The number of hydrogen-bond acceptors (Lipinski definition) is 6. The standard InChI is InChI=1S/C19H16N8/c1-27-19-15(11-23-27)17(21-9-12-4-3-7-20-8-12)24-18(25-19)13-5-2-6-16-14(13)10-22-26-16/h2-8,10-11H,9H2,1H3,(H,22,26)(H,21,24,25). The van der Waals surface area contributed by atoms with Gasteiger partial charge in [-0.05, 0) is 17.7 Å². The molecule has 0 aliphatic carbocycles. The molecule has 8 heteroatoms. The summed E-state index contributed by atoms with van der Waals surface area (Å²) in [7, 11) is 1.88. The van der Waals surface area contributed by atoms with Gasteiger partial charge in [-0.15, -0.1) is 0 Å². The largest absolute Gasteiger partial charge is 0.365 e. The third-order valence-corrected chi connectivity index (χ3v) is 4.50. The number of fused-ring (bicyclic) bond motifs is 2. The molecule has 0 amide bonds. The Morgan fingerprint density at radius 2 is 2.00 bits per heavy atom. The van der Waals surface area contributed by atoms with Crippen LogP contribution in [0.15, 0.2) is 55.1 Å². The molecule has 0 fully saturated rings. The van der Waals surface area contributed by atoms with Crippen molar-refractivity contribution in [3.8, 4) is 11.4 Å². The highest BCUT2D eigenvalue weighted by Crippen LogP contribution is 2.29. The van der Waals surface area contributed by atoms with Crippen molar-refractivity contribution in [3.05, 3.63) is 60.7 Å². The van der Waals surface area contributed by atoms with Gasteiger partial charge in [-0.3, -0.25) is 14.8 Å². The van der Waals surface area contributed by atoms with E-state index in [1.807, 2.05) is 43.6 Å². The monoisotopic (exact) mass is 356 g/mol. The molecule has 132 valence electrons. The van der Waals surface area contributed by atoms with Gasteiger partial charge in [0.05, 0.1) is 23.3 Å². The second-order valence-electron chi connectivity index (χ2n) is 6.25. The number of benzene rings is 1. The zero-order valence-corrected chi connectivity index (χ0v) is 14.6. The molecule has 0 saturated heterocycles. The van der Waals surface area contributed by atoms with Crippen LogP contribution in [-0.4, -0.2) is 34.9 Å². The summed E-state index contributed by atoms with van der Waals surface area (Å²) in [5, 5.41) is 16.7. The quantitative estimate of drug-likeness (QED) is 0.514. The van der Waals surface area contributed by atoms with Crippen molar-refractivity contribution in [2.24, 2.45) is 7.05 Å². The number of nitrogens with one attached hydrogen (secondary N) is 2. The van der Waals surface area contributed by atoms with Crippen molar-refractivity contribution in [1.82, 2.24) is 34.9 Å². The van der Waals surface area contributed by atoms with E-state index in [0.717, 1.165) is 38.9 Å². The van der Waals surface area contributed by atoms with Crippen LogP contribution < -0.4 is 5.32 Å². The van der Waals surface area contributed by atoms with Crippen LogP contribution in [0.2, 0.25) is 0 Å². The van der Waals surface area contributed by atoms with Gasteiger partial charge in [0.2, 0.25) is 0 Å².